The minimum absolute atomic E-state index is 0. The molecule has 0 amide bonds. The van der Waals surface area contributed by atoms with Crippen LogP contribution in [0.3, 0.4) is 0 Å². The van der Waals surface area contributed by atoms with Crippen molar-refractivity contribution in [1.29, 1.82) is 0 Å². The maximum atomic E-state index is 11.4. The molecular weight excluding hydrogens is 950 g/mol. The van der Waals surface area contributed by atoms with Gasteiger partial charge in [-0.25, -0.2) is 0 Å². The molecule has 0 spiro atoms. The van der Waals surface area contributed by atoms with Gasteiger partial charge in [0.1, 0.15) is 5.75 Å². The fraction of sp³-hybridized carbons (Fsp3) is 0.207. The first-order valence-corrected chi connectivity index (χ1v) is 21.6. The monoisotopic (exact) mass is 1000 g/mol. The number of phenols is 1. The van der Waals surface area contributed by atoms with E-state index in [1.54, 1.807) is 6.07 Å². The predicted octanol–water partition coefficient (Wildman–Crippen LogP) is 15.3. The Bertz CT molecular complexity index is 3110. The molecule has 1 N–H and O–H groups in total. The van der Waals surface area contributed by atoms with Crippen LogP contribution in [0.15, 0.2) is 158 Å². The molecular formula is C58H54N3OPt-. The number of phenolic OH excluding ortho intramolecular Hbond substituents is 1. The summed E-state index contributed by atoms with van der Waals surface area (Å²) >= 11 is 0. The Kier molecular flexibility index (Phi) is 11.4. The molecule has 0 aliphatic rings. The SMILES string of the molecule is CC(C)(C)c1cc(-c2cc(-c3[c-]c(-c4cc(-c5cccc6c7ccccc7n(-c7ccccc7)c56)ccn4)ccc3)nc(-c3cc(C(C)(C)C)ccc3O)c2)cc(C(C)(C)C)c1.[Pt]. The van der Waals surface area contributed by atoms with Gasteiger partial charge in [-0.05, 0) is 92.1 Å². The van der Waals surface area contributed by atoms with E-state index < -0.39 is 0 Å². The maximum Gasteiger partial charge on any atom is 0.124 e. The molecule has 0 atom stereocenters. The van der Waals surface area contributed by atoms with E-state index in [0.29, 0.717) is 11.3 Å². The second kappa shape index (κ2) is 16.6. The zero-order valence-electron chi connectivity index (χ0n) is 37.6. The van der Waals surface area contributed by atoms with Gasteiger partial charge in [0, 0.05) is 66.2 Å². The van der Waals surface area contributed by atoms with Crippen LogP contribution < -0.4 is 0 Å². The van der Waals surface area contributed by atoms with Gasteiger partial charge < -0.3 is 9.67 Å². The molecule has 6 aromatic carbocycles. The summed E-state index contributed by atoms with van der Waals surface area (Å²) in [5.74, 6) is 0.201. The normalized spacial score (nSPS) is 12.1. The van der Waals surface area contributed by atoms with Gasteiger partial charge in [-0.15, -0.1) is 24.3 Å². The van der Waals surface area contributed by atoms with E-state index in [-0.39, 0.29) is 43.1 Å². The minimum Gasteiger partial charge on any atom is -0.507 e. The minimum atomic E-state index is -0.112. The molecule has 0 radical (unpaired) electrons. The van der Waals surface area contributed by atoms with Crippen molar-refractivity contribution < 1.29 is 26.2 Å². The molecule has 4 nitrogen and oxygen atoms in total. The Morgan fingerprint density at radius 2 is 1.06 bits per heavy atom. The van der Waals surface area contributed by atoms with Crippen LogP contribution in [-0.4, -0.2) is 19.6 Å². The number of pyridine rings is 2. The van der Waals surface area contributed by atoms with Crippen molar-refractivity contribution in [3.05, 3.63) is 181 Å². The number of rotatable bonds is 6. The molecule has 63 heavy (non-hydrogen) atoms. The average molecular weight is 1000 g/mol. The Hall–Kier alpha value is -6.09. The van der Waals surface area contributed by atoms with Crippen LogP contribution in [0.25, 0.3) is 83.5 Å². The van der Waals surface area contributed by atoms with E-state index in [4.69, 9.17) is 9.97 Å². The molecule has 0 aliphatic heterocycles. The van der Waals surface area contributed by atoms with Crippen LogP contribution in [0.4, 0.5) is 0 Å². The molecule has 0 unspecified atom stereocenters. The molecule has 0 fully saturated rings. The molecule has 318 valence electrons. The smallest absolute Gasteiger partial charge is 0.124 e. The zero-order chi connectivity index (χ0) is 43.6. The summed E-state index contributed by atoms with van der Waals surface area (Å²) in [5, 5.41) is 13.8. The third kappa shape index (κ3) is 8.54. The number of benzene rings is 6. The van der Waals surface area contributed by atoms with Crippen molar-refractivity contribution in [3.63, 3.8) is 0 Å². The van der Waals surface area contributed by atoms with Gasteiger partial charge in [0.2, 0.25) is 0 Å². The first kappa shape index (κ1) is 43.6. The van der Waals surface area contributed by atoms with Crippen LogP contribution in [0.2, 0.25) is 0 Å². The van der Waals surface area contributed by atoms with E-state index in [1.165, 1.54) is 27.4 Å². The number of hydrogen-bond acceptors (Lipinski definition) is 3. The van der Waals surface area contributed by atoms with Gasteiger partial charge in [0.05, 0.1) is 16.7 Å². The van der Waals surface area contributed by atoms with Crippen LogP contribution in [0, 0.1) is 6.07 Å². The molecule has 5 heteroatoms. The number of para-hydroxylation sites is 3. The summed E-state index contributed by atoms with van der Waals surface area (Å²) in [6, 6.07) is 57.2. The molecule has 9 rings (SSSR count). The summed E-state index contributed by atoms with van der Waals surface area (Å²) in [5.41, 5.74) is 16.0. The Morgan fingerprint density at radius 3 is 1.76 bits per heavy atom. The molecule has 0 bridgehead atoms. The summed E-state index contributed by atoms with van der Waals surface area (Å²) < 4.78 is 2.37. The molecule has 0 saturated heterocycles. The largest absolute Gasteiger partial charge is 0.507 e. The fourth-order valence-electron chi connectivity index (χ4n) is 8.45. The molecule has 0 saturated carbocycles. The van der Waals surface area contributed by atoms with Crippen molar-refractivity contribution in [2.24, 2.45) is 0 Å². The van der Waals surface area contributed by atoms with E-state index in [1.807, 2.05) is 12.3 Å². The van der Waals surface area contributed by atoms with E-state index in [2.05, 4.69) is 212 Å². The number of aromatic hydroxyl groups is 1. The zero-order valence-corrected chi connectivity index (χ0v) is 39.9. The van der Waals surface area contributed by atoms with Crippen LogP contribution in [0.1, 0.15) is 79.0 Å². The summed E-state index contributed by atoms with van der Waals surface area (Å²) in [6.07, 6.45) is 1.90. The maximum absolute atomic E-state index is 11.4. The van der Waals surface area contributed by atoms with E-state index in [9.17, 15) is 5.11 Å². The van der Waals surface area contributed by atoms with E-state index >= 15 is 0 Å². The van der Waals surface area contributed by atoms with Crippen molar-refractivity contribution in [1.82, 2.24) is 14.5 Å². The standard InChI is InChI=1S/C58H54N3O.Pt/c1-56(2,3)42-25-26-54(62)49(36-42)52-34-41(40-30-43(57(4,5)6)35-44(31-40)58(7,8)9)33-51(60-52)39-18-15-17-38(29-39)50-32-37(27-28-59-50)46-22-16-23-48-47-21-13-14-24-53(47)61(55(46)48)45-19-11-10-12-20-45;/h10-28,30-36,62H,1-9H3;/q-1;. The topological polar surface area (TPSA) is 50.9 Å². The van der Waals surface area contributed by atoms with Crippen LogP contribution in [-0.2, 0) is 37.3 Å². The van der Waals surface area contributed by atoms with Crippen molar-refractivity contribution in [3.8, 4) is 67.5 Å². The van der Waals surface area contributed by atoms with Crippen molar-refractivity contribution in [2.75, 3.05) is 0 Å². The first-order valence-electron chi connectivity index (χ1n) is 21.6. The number of nitrogens with zero attached hydrogens (tertiary/aromatic N) is 3. The van der Waals surface area contributed by atoms with E-state index in [0.717, 1.165) is 61.5 Å². The molecule has 3 heterocycles. The first-order chi connectivity index (χ1) is 29.5. The Labute approximate surface area is 387 Å². The summed E-state index contributed by atoms with van der Waals surface area (Å²) in [4.78, 5) is 10.2. The van der Waals surface area contributed by atoms with Crippen LogP contribution >= 0.6 is 0 Å². The molecule has 0 aliphatic carbocycles. The van der Waals surface area contributed by atoms with Crippen LogP contribution in [0.5, 0.6) is 5.75 Å². The third-order valence-corrected chi connectivity index (χ3v) is 12.1. The van der Waals surface area contributed by atoms with Gasteiger partial charge >= 0.3 is 0 Å². The number of fused-ring (bicyclic) bond motifs is 3. The van der Waals surface area contributed by atoms with Crippen molar-refractivity contribution in [2.45, 2.75) is 78.6 Å². The third-order valence-electron chi connectivity index (χ3n) is 12.1. The van der Waals surface area contributed by atoms with Gasteiger partial charge in [-0.1, -0.05) is 164 Å². The van der Waals surface area contributed by atoms with Gasteiger partial charge in [0.15, 0.2) is 0 Å². The average Bonchev–Trinajstić information content (AvgIpc) is 3.60. The predicted molar refractivity (Wildman–Crippen MR) is 260 cm³/mol. The quantitative estimate of drug-likeness (QED) is 0.169. The van der Waals surface area contributed by atoms with Gasteiger partial charge in [-0.3, -0.25) is 9.97 Å². The molecule has 3 aromatic heterocycles. The molecule has 9 aromatic rings. The fourth-order valence-corrected chi connectivity index (χ4v) is 8.45. The van der Waals surface area contributed by atoms with Gasteiger partial charge in [-0.2, -0.15) is 0 Å². The summed E-state index contributed by atoms with van der Waals surface area (Å²) in [6.45, 7) is 20.2. The second-order valence-corrected chi connectivity index (χ2v) is 19.7. The number of hydrogen-bond donors (Lipinski definition) is 1. The Morgan fingerprint density at radius 1 is 0.476 bits per heavy atom. The Balaban J connectivity index is 0.00000544. The van der Waals surface area contributed by atoms with Crippen molar-refractivity contribution >= 4 is 21.8 Å². The summed E-state index contributed by atoms with van der Waals surface area (Å²) in [7, 11) is 0. The number of aromatic nitrogens is 3. The second-order valence-electron chi connectivity index (χ2n) is 19.7. The van der Waals surface area contributed by atoms with Gasteiger partial charge in [0.25, 0.3) is 0 Å².